The van der Waals surface area contributed by atoms with Gasteiger partial charge < -0.3 is 4.74 Å². The maximum Gasteiger partial charge on any atom is 0.330 e. The van der Waals surface area contributed by atoms with Crippen LogP contribution in [0.5, 0.6) is 0 Å². The zero-order valence-electron chi connectivity index (χ0n) is 9.73. The van der Waals surface area contributed by atoms with Crippen molar-refractivity contribution in [2.24, 2.45) is 29.6 Å². The van der Waals surface area contributed by atoms with Gasteiger partial charge in [0.05, 0.1) is 6.61 Å². The van der Waals surface area contributed by atoms with E-state index in [9.17, 15) is 4.79 Å². The second-order valence-corrected chi connectivity index (χ2v) is 5.66. The van der Waals surface area contributed by atoms with E-state index in [0.717, 1.165) is 23.7 Å². The van der Waals surface area contributed by atoms with E-state index < -0.39 is 0 Å². The van der Waals surface area contributed by atoms with E-state index in [1.54, 1.807) is 0 Å². The van der Waals surface area contributed by atoms with Crippen molar-refractivity contribution in [3.63, 3.8) is 0 Å². The molecular weight excluding hydrogens is 200 g/mol. The van der Waals surface area contributed by atoms with E-state index in [0.29, 0.717) is 12.5 Å². The summed E-state index contributed by atoms with van der Waals surface area (Å²) in [4.78, 5) is 11.1. The standard InChI is InChI=1S/C14H20O2/c1-2-14(15)16-8-13-11-6-7-12(13)10-5-3-4-9(10)11/h2,9-13H,1,3-8H2. The molecule has 0 heterocycles. The molecule has 0 aromatic carbocycles. The molecule has 3 aliphatic rings. The summed E-state index contributed by atoms with van der Waals surface area (Å²) in [6, 6.07) is 0. The van der Waals surface area contributed by atoms with Crippen LogP contribution in [0.1, 0.15) is 32.1 Å². The molecule has 0 aromatic rings. The monoisotopic (exact) mass is 220 g/mol. The van der Waals surface area contributed by atoms with Gasteiger partial charge in [0, 0.05) is 6.08 Å². The highest BCUT2D eigenvalue weighted by molar-refractivity contribution is 5.81. The van der Waals surface area contributed by atoms with Gasteiger partial charge in [0.1, 0.15) is 0 Å². The van der Waals surface area contributed by atoms with Crippen molar-refractivity contribution in [1.29, 1.82) is 0 Å². The number of ether oxygens (including phenoxy) is 1. The van der Waals surface area contributed by atoms with Crippen LogP contribution in [-0.2, 0) is 9.53 Å². The molecule has 3 rings (SSSR count). The van der Waals surface area contributed by atoms with Crippen molar-refractivity contribution >= 4 is 5.97 Å². The van der Waals surface area contributed by atoms with E-state index in [2.05, 4.69) is 6.58 Å². The number of carbonyl (C=O) groups is 1. The fourth-order valence-corrected chi connectivity index (χ4v) is 4.76. The first-order valence-electron chi connectivity index (χ1n) is 6.60. The van der Waals surface area contributed by atoms with E-state index in [1.807, 2.05) is 0 Å². The summed E-state index contributed by atoms with van der Waals surface area (Å²) in [5.41, 5.74) is 0. The van der Waals surface area contributed by atoms with Crippen LogP contribution in [0.25, 0.3) is 0 Å². The third kappa shape index (κ3) is 1.42. The molecule has 3 saturated carbocycles. The van der Waals surface area contributed by atoms with Gasteiger partial charge in [0.2, 0.25) is 0 Å². The Labute approximate surface area is 97.1 Å². The summed E-state index contributed by atoms with van der Waals surface area (Å²) in [7, 11) is 0. The second-order valence-electron chi connectivity index (χ2n) is 5.66. The van der Waals surface area contributed by atoms with Crippen LogP contribution >= 0.6 is 0 Å². The molecule has 0 radical (unpaired) electrons. The highest BCUT2D eigenvalue weighted by atomic mass is 16.5. The van der Waals surface area contributed by atoms with Crippen LogP contribution in [0.15, 0.2) is 12.7 Å². The van der Waals surface area contributed by atoms with Gasteiger partial charge in [-0.2, -0.15) is 0 Å². The summed E-state index contributed by atoms with van der Waals surface area (Å²) in [5, 5.41) is 0. The quantitative estimate of drug-likeness (QED) is 0.540. The maximum absolute atomic E-state index is 11.1. The predicted molar refractivity (Wildman–Crippen MR) is 61.7 cm³/mol. The fraction of sp³-hybridized carbons (Fsp3) is 0.786. The van der Waals surface area contributed by atoms with Gasteiger partial charge in [0.25, 0.3) is 0 Å². The van der Waals surface area contributed by atoms with Crippen molar-refractivity contribution in [3.05, 3.63) is 12.7 Å². The highest BCUT2D eigenvalue weighted by Gasteiger charge is 2.55. The van der Waals surface area contributed by atoms with Crippen molar-refractivity contribution in [2.75, 3.05) is 6.61 Å². The lowest BCUT2D eigenvalue weighted by atomic mass is 9.82. The summed E-state index contributed by atoms with van der Waals surface area (Å²) in [6.07, 6.45) is 8.32. The van der Waals surface area contributed by atoms with Gasteiger partial charge in [-0.3, -0.25) is 0 Å². The summed E-state index contributed by atoms with van der Waals surface area (Å²) < 4.78 is 5.26. The average Bonchev–Trinajstić information content (AvgIpc) is 2.96. The molecule has 4 unspecified atom stereocenters. The van der Waals surface area contributed by atoms with Gasteiger partial charge in [-0.1, -0.05) is 13.0 Å². The minimum Gasteiger partial charge on any atom is -0.462 e. The molecule has 0 aliphatic heterocycles. The van der Waals surface area contributed by atoms with E-state index in [4.69, 9.17) is 4.74 Å². The van der Waals surface area contributed by atoms with Crippen molar-refractivity contribution < 1.29 is 9.53 Å². The Bertz CT molecular complexity index is 292. The summed E-state index contributed by atoms with van der Waals surface area (Å²) in [5.74, 6) is 4.05. The third-order valence-corrected chi connectivity index (χ3v) is 5.24. The Morgan fingerprint density at radius 2 is 1.75 bits per heavy atom. The second kappa shape index (κ2) is 3.90. The predicted octanol–water partition coefficient (Wildman–Crippen LogP) is 2.79. The van der Waals surface area contributed by atoms with Crippen LogP contribution in [0.4, 0.5) is 0 Å². The summed E-state index contributed by atoms with van der Waals surface area (Å²) >= 11 is 0. The molecule has 2 heteroatoms. The highest BCUT2D eigenvalue weighted by Crippen LogP contribution is 2.61. The number of esters is 1. The topological polar surface area (TPSA) is 26.3 Å². The number of rotatable bonds is 3. The van der Waals surface area contributed by atoms with Crippen molar-refractivity contribution in [3.8, 4) is 0 Å². The van der Waals surface area contributed by atoms with E-state index in [1.165, 1.54) is 38.2 Å². The van der Waals surface area contributed by atoms with Crippen molar-refractivity contribution in [2.45, 2.75) is 32.1 Å². The lowest BCUT2D eigenvalue weighted by Gasteiger charge is -2.23. The number of fused-ring (bicyclic) bond motifs is 5. The minimum atomic E-state index is -0.253. The van der Waals surface area contributed by atoms with Crippen LogP contribution in [-0.4, -0.2) is 12.6 Å². The van der Waals surface area contributed by atoms with Gasteiger partial charge in [-0.05, 0) is 55.3 Å². The SMILES string of the molecule is C=CC(=O)OCC1C2CCC1C1CCCC12. The smallest absolute Gasteiger partial charge is 0.330 e. The first-order valence-corrected chi connectivity index (χ1v) is 6.60. The molecule has 3 fully saturated rings. The third-order valence-electron chi connectivity index (χ3n) is 5.24. The molecule has 0 aromatic heterocycles. The molecule has 2 nitrogen and oxygen atoms in total. The van der Waals surface area contributed by atoms with Crippen LogP contribution in [0, 0.1) is 29.6 Å². The van der Waals surface area contributed by atoms with E-state index >= 15 is 0 Å². The van der Waals surface area contributed by atoms with Crippen molar-refractivity contribution in [1.82, 2.24) is 0 Å². The normalized spacial score (nSPS) is 44.4. The number of hydrogen-bond donors (Lipinski definition) is 0. The lowest BCUT2D eigenvalue weighted by Crippen LogP contribution is -2.18. The minimum absolute atomic E-state index is 0.253. The molecular formula is C14H20O2. The maximum atomic E-state index is 11.1. The molecule has 88 valence electrons. The lowest BCUT2D eigenvalue weighted by molar-refractivity contribution is -0.139. The van der Waals surface area contributed by atoms with Gasteiger partial charge in [0.15, 0.2) is 0 Å². The summed E-state index contributed by atoms with van der Waals surface area (Å²) in [6.45, 7) is 4.09. The van der Waals surface area contributed by atoms with Gasteiger partial charge in [-0.25, -0.2) is 4.79 Å². The zero-order chi connectivity index (χ0) is 11.1. The molecule has 16 heavy (non-hydrogen) atoms. The molecule has 0 amide bonds. The van der Waals surface area contributed by atoms with Crippen LogP contribution in [0.3, 0.4) is 0 Å². The van der Waals surface area contributed by atoms with E-state index in [-0.39, 0.29) is 5.97 Å². The Morgan fingerprint density at radius 3 is 2.31 bits per heavy atom. The number of carbonyl (C=O) groups excluding carboxylic acids is 1. The fourth-order valence-electron chi connectivity index (χ4n) is 4.76. The van der Waals surface area contributed by atoms with Gasteiger partial charge in [-0.15, -0.1) is 0 Å². The average molecular weight is 220 g/mol. The zero-order valence-corrected chi connectivity index (χ0v) is 9.73. The molecule has 3 aliphatic carbocycles. The first kappa shape index (κ1) is 10.4. The Kier molecular flexibility index (Phi) is 2.53. The largest absolute Gasteiger partial charge is 0.462 e. The number of hydrogen-bond acceptors (Lipinski definition) is 2. The molecule has 0 N–H and O–H groups in total. The Hall–Kier alpha value is -0.790. The first-order chi connectivity index (χ1) is 7.81. The van der Waals surface area contributed by atoms with Crippen LogP contribution < -0.4 is 0 Å². The molecule has 4 atom stereocenters. The van der Waals surface area contributed by atoms with Gasteiger partial charge >= 0.3 is 5.97 Å². The Morgan fingerprint density at radius 1 is 1.12 bits per heavy atom. The molecule has 0 spiro atoms. The van der Waals surface area contributed by atoms with Crippen LogP contribution in [0.2, 0.25) is 0 Å². The molecule has 2 bridgehead atoms. The molecule has 0 saturated heterocycles. The Balaban J connectivity index is 1.65.